The Labute approximate surface area is 219 Å². The van der Waals surface area contributed by atoms with Gasteiger partial charge in [-0.2, -0.15) is 9.78 Å². The summed E-state index contributed by atoms with van der Waals surface area (Å²) in [6.07, 6.45) is 14.1. The highest BCUT2D eigenvalue weighted by atomic mass is 16.5. The maximum Gasteiger partial charge on any atom is 0.319 e. The van der Waals surface area contributed by atoms with E-state index in [1.165, 1.54) is 71.8 Å². The van der Waals surface area contributed by atoms with Gasteiger partial charge in [0.25, 0.3) is 0 Å². The zero-order chi connectivity index (χ0) is 26.3. The van der Waals surface area contributed by atoms with Gasteiger partial charge in [0.1, 0.15) is 11.6 Å². The lowest BCUT2D eigenvalue weighted by Crippen LogP contribution is -2.24. The molecule has 1 unspecified atom stereocenters. The van der Waals surface area contributed by atoms with Crippen LogP contribution in [0.25, 0.3) is 0 Å². The molecule has 0 bridgehead atoms. The fraction of sp³-hybridized carbons (Fsp3) is 0.556. The second-order valence-corrected chi connectivity index (χ2v) is 9.04. The molecule has 2 heterocycles. The number of anilines is 1. The van der Waals surface area contributed by atoms with Crippen LogP contribution in [-0.4, -0.2) is 50.3 Å². The molecule has 0 aliphatic heterocycles. The Hall–Kier alpha value is -3.56. The molecule has 0 aliphatic rings. The maximum atomic E-state index is 13.4. The third kappa shape index (κ3) is 8.80. The van der Waals surface area contributed by atoms with E-state index in [0.29, 0.717) is 18.1 Å². The Balaban J connectivity index is 1.58. The summed E-state index contributed by atoms with van der Waals surface area (Å²) in [6, 6.07) is 9.53. The molecule has 10 nitrogen and oxygen atoms in total. The van der Waals surface area contributed by atoms with Gasteiger partial charge in [0.15, 0.2) is 5.82 Å². The lowest BCUT2D eigenvalue weighted by Gasteiger charge is -2.15. The summed E-state index contributed by atoms with van der Waals surface area (Å²) in [6.45, 7) is 2.92. The molecule has 0 spiro atoms. The van der Waals surface area contributed by atoms with Gasteiger partial charge in [0.05, 0.1) is 27.0 Å². The number of aryl methyl sites for hydroxylation is 1. The summed E-state index contributed by atoms with van der Waals surface area (Å²) in [5.41, 5.74) is 1.08. The van der Waals surface area contributed by atoms with Crippen LogP contribution in [0.5, 0.6) is 11.9 Å². The van der Waals surface area contributed by atoms with Crippen molar-refractivity contribution >= 4 is 11.6 Å². The number of hydrogen-bond acceptors (Lipinski definition) is 8. The minimum atomic E-state index is -0.755. The minimum absolute atomic E-state index is 0.144. The van der Waals surface area contributed by atoms with Crippen LogP contribution in [0.1, 0.15) is 88.4 Å². The Morgan fingerprint density at radius 3 is 2.27 bits per heavy atom. The van der Waals surface area contributed by atoms with E-state index in [0.717, 1.165) is 18.4 Å². The third-order valence-corrected chi connectivity index (χ3v) is 6.20. The van der Waals surface area contributed by atoms with Crippen LogP contribution in [0.15, 0.2) is 36.5 Å². The maximum absolute atomic E-state index is 13.4. The number of hydrogen-bond donors (Lipinski definition) is 1. The van der Waals surface area contributed by atoms with Crippen LogP contribution >= 0.6 is 0 Å². The summed E-state index contributed by atoms with van der Waals surface area (Å²) in [5, 5.41) is 15.8. The van der Waals surface area contributed by atoms with Crippen molar-refractivity contribution in [2.45, 2.75) is 83.6 Å². The monoisotopic (exact) mass is 509 g/mol. The molecule has 0 fully saturated rings. The number of nitrogens with zero attached hydrogens (tertiary/aromatic N) is 6. The van der Waals surface area contributed by atoms with E-state index < -0.39 is 5.92 Å². The number of amides is 1. The second-order valence-electron chi connectivity index (χ2n) is 9.04. The normalized spacial score (nSPS) is 11.8. The molecular weight excluding hydrogens is 470 g/mol. The highest BCUT2D eigenvalue weighted by Gasteiger charge is 2.28. The molecule has 3 aromatic rings. The average Bonchev–Trinajstić information content (AvgIpc) is 3.38. The van der Waals surface area contributed by atoms with Crippen molar-refractivity contribution in [1.82, 2.24) is 30.2 Å². The number of nitrogens with one attached hydrogen (secondary N) is 1. The van der Waals surface area contributed by atoms with Crippen LogP contribution < -0.4 is 14.8 Å². The first-order chi connectivity index (χ1) is 18.2. The number of ether oxygens (including phenoxy) is 2. The van der Waals surface area contributed by atoms with Crippen molar-refractivity contribution < 1.29 is 14.3 Å². The molecule has 37 heavy (non-hydrogen) atoms. The van der Waals surface area contributed by atoms with E-state index in [-0.39, 0.29) is 17.8 Å². The lowest BCUT2D eigenvalue weighted by molar-refractivity contribution is -0.116. The fourth-order valence-corrected chi connectivity index (χ4v) is 4.17. The van der Waals surface area contributed by atoms with Gasteiger partial charge in [0, 0.05) is 0 Å². The van der Waals surface area contributed by atoms with E-state index in [4.69, 9.17) is 9.47 Å². The van der Waals surface area contributed by atoms with Crippen LogP contribution in [0.4, 0.5) is 5.69 Å². The summed E-state index contributed by atoms with van der Waals surface area (Å²) in [4.78, 5) is 23.2. The van der Waals surface area contributed by atoms with Crippen molar-refractivity contribution in [3.05, 3.63) is 47.9 Å². The Bertz CT molecular complexity index is 1070. The van der Waals surface area contributed by atoms with E-state index in [2.05, 4.69) is 37.6 Å². The third-order valence-electron chi connectivity index (χ3n) is 6.20. The zero-order valence-corrected chi connectivity index (χ0v) is 22.2. The number of tetrazole rings is 1. The minimum Gasteiger partial charge on any atom is -0.479 e. The van der Waals surface area contributed by atoms with Gasteiger partial charge in [0.2, 0.25) is 11.8 Å². The summed E-state index contributed by atoms with van der Waals surface area (Å²) >= 11 is 0. The predicted octanol–water partition coefficient (Wildman–Crippen LogP) is 5.17. The topological polar surface area (TPSA) is 117 Å². The standard InChI is InChI=1S/C27H39N7O3/c1-4-5-6-7-8-9-10-11-12-16-19-34-32-24(31-33-34)23(21-17-14-13-15-18-21)25(35)29-22-20-28-27(37-3)30-26(22)36-2/h13-15,17-18,20,23H,4-12,16,19H2,1-3H3,(H,29,35). The molecule has 2 aromatic heterocycles. The van der Waals surface area contributed by atoms with E-state index in [1.54, 1.807) is 4.80 Å². The predicted molar refractivity (Wildman–Crippen MR) is 142 cm³/mol. The molecule has 0 radical (unpaired) electrons. The number of rotatable bonds is 17. The largest absolute Gasteiger partial charge is 0.479 e. The van der Waals surface area contributed by atoms with Crippen LogP contribution in [0.2, 0.25) is 0 Å². The van der Waals surface area contributed by atoms with Gasteiger partial charge in [-0.05, 0) is 17.2 Å². The highest BCUT2D eigenvalue weighted by molar-refractivity contribution is 5.98. The van der Waals surface area contributed by atoms with Gasteiger partial charge in [-0.1, -0.05) is 95.0 Å². The summed E-state index contributed by atoms with van der Waals surface area (Å²) < 4.78 is 10.3. The first-order valence-corrected chi connectivity index (χ1v) is 13.2. The number of aromatic nitrogens is 6. The first-order valence-electron chi connectivity index (χ1n) is 13.2. The quantitative estimate of drug-likeness (QED) is 0.248. The smallest absolute Gasteiger partial charge is 0.319 e. The molecule has 0 saturated heterocycles. The van der Waals surface area contributed by atoms with Gasteiger partial charge in [-0.15, -0.1) is 10.2 Å². The van der Waals surface area contributed by atoms with Crippen LogP contribution in [0.3, 0.4) is 0 Å². The molecule has 0 saturated carbocycles. The molecule has 1 N–H and O–H groups in total. The Kier molecular flexibility index (Phi) is 11.8. The molecule has 200 valence electrons. The highest BCUT2D eigenvalue weighted by Crippen LogP contribution is 2.27. The number of carbonyl (C=O) groups excluding carboxylic acids is 1. The molecule has 3 rings (SSSR count). The lowest BCUT2D eigenvalue weighted by atomic mass is 9.97. The number of unbranched alkanes of at least 4 members (excludes halogenated alkanes) is 9. The van der Waals surface area contributed by atoms with E-state index in [9.17, 15) is 4.79 Å². The zero-order valence-electron chi connectivity index (χ0n) is 22.2. The number of benzene rings is 1. The molecule has 0 aliphatic carbocycles. The SMILES string of the molecule is CCCCCCCCCCCCn1nnc(C(C(=O)Nc2cnc(OC)nc2OC)c2ccccc2)n1. The van der Waals surface area contributed by atoms with Gasteiger partial charge >= 0.3 is 6.01 Å². The first kappa shape index (κ1) is 28.0. The van der Waals surface area contributed by atoms with E-state index >= 15 is 0 Å². The summed E-state index contributed by atoms with van der Waals surface area (Å²) in [7, 11) is 2.93. The number of carbonyl (C=O) groups is 1. The molecular formula is C27H39N7O3. The molecule has 1 aromatic carbocycles. The number of methoxy groups -OCH3 is 2. The van der Waals surface area contributed by atoms with Gasteiger partial charge in [-0.25, -0.2) is 4.98 Å². The Morgan fingerprint density at radius 1 is 0.946 bits per heavy atom. The van der Waals surface area contributed by atoms with Crippen molar-refractivity contribution in [3.63, 3.8) is 0 Å². The van der Waals surface area contributed by atoms with Gasteiger partial charge in [-0.3, -0.25) is 4.79 Å². The fourth-order valence-electron chi connectivity index (χ4n) is 4.17. The van der Waals surface area contributed by atoms with Crippen molar-refractivity contribution in [2.24, 2.45) is 0 Å². The van der Waals surface area contributed by atoms with Crippen molar-refractivity contribution in [3.8, 4) is 11.9 Å². The molecule has 1 amide bonds. The molecule has 10 heteroatoms. The van der Waals surface area contributed by atoms with Crippen molar-refractivity contribution in [2.75, 3.05) is 19.5 Å². The molecule has 1 atom stereocenters. The van der Waals surface area contributed by atoms with Gasteiger partial charge < -0.3 is 14.8 Å². The summed E-state index contributed by atoms with van der Waals surface area (Å²) in [5.74, 6) is -0.556. The van der Waals surface area contributed by atoms with Crippen molar-refractivity contribution in [1.29, 1.82) is 0 Å². The second kappa shape index (κ2) is 15.5. The Morgan fingerprint density at radius 2 is 1.62 bits per heavy atom. The van der Waals surface area contributed by atoms with E-state index in [1.807, 2.05) is 30.3 Å². The van der Waals surface area contributed by atoms with Crippen LogP contribution in [0, 0.1) is 0 Å². The average molecular weight is 510 g/mol. The van der Waals surface area contributed by atoms with Crippen LogP contribution in [-0.2, 0) is 11.3 Å².